The first-order valence-corrected chi connectivity index (χ1v) is 5.38. The van der Waals surface area contributed by atoms with Crippen molar-refractivity contribution in [1.82, 2.24) is 4.98 Å². The second kappa shape index (κ2) is 5.15. The van der Waals surface area contributed by atoms with Crippen LogP contribution in [0.15, 0.2) is 34.9 Å². The highest BCUT2D eigenvalue weighted by atomic mass is 16.5. The van der Waals surface area contributed by atoms with Crippen molar-refractivity contribution in [1.29, 1.82) is 5.26 Å². The van der Waals surface area contributed by atoms with E-state index in [9.17, 15) is 4.79 Å². The number of oxazole rings is 1. The highest BCUT2D eigenvalue weighted by Gasteiger charge is 2.15. The number of nitriles is 1. The minimum Gasteiger partial charge on any atom is -0.459 e. The second-order valence-corrected chi connectivity index (χ2v) is 3.44. The van der Waals surface area contributed by atoms with Gasteiger partial charge in [-0.2, -0.15) is 5.26 Å². The number of carbonyl (C=O) groups is 1. The zero-order chi connectivity index (χ0) is 13.0. The fourth-order valence-corrected chi connectivity index (χ4v) is 1.44. The van der Waals surface area contributed by atoms with E-state index < -0.39 is 5.97 Å². The first-order chi connectivity index (χ1) is 8.74. The summed E-state index contributed by atoms with van der Waals surface area (Å²) in [5.41, 5.74) is 1.21. The lowest BCUT2D eigenvalue weighted by molar-refractivity contribution is 0.0482. The molecule has 0 saturated heterocycles. The van der Waals surface area contributed by atoms with Crippen LogP contribution in [0.4, 0.5) is 0 Å². The molecule has 5 heteroatoms. The monoisotopic (exact) mass is 242 g/mol. The first-order valence-electron chi connectivity index (χ1n) is 5.38. The Balaban J connectivity index is 2.29. The Bertz CT molecular complexity index is 611. The minimum absolute atomic E-state index is 0.0887. The van der Waals surface area contributed by atoms with Gasteiger partial charge in [0, 0.05) is 5.56 Å². The summed E-state index contributed by atoms with van der Waals surface area (Å²) in [6.45, 7) is 1.97. The van der Waals surface area contributed by atoms with E-state index in [2.05, 4.69) is 4.98 Å². The summed E-state index contributed by atoms with van der Waals surface area (Å²) in [5, 5.41) is 8.80. The molecule has 0 aliphatic rings. The molecular formula is C13H10N2O3. The van der Waals surface area contributed by atoms with E-state index in [-0.39, 0.29) is 12.5 Å². The van der Waals surface area contributed by atoms with Gasteiger partial charge in [-0.25, -0.2) is 9.78 Å². The van der Waals surface area contributed by atoms with Crippen LogP contribution in [-0.4, -0.2) is 17.6 Å². The lowest BCUT2D eigenvalue weighted by Crippen LogP contribution is -2.04. The molecule has 1 aromatic heterocycles. The van der Waals surface area contributed by atoms with Crippen molar-refractivity contribution in [2.75, 3.05) is 6.61 Å². The number of hydrogen-bond donors (Lipinski definition) is 0. The molecule has 0 spiro atoms. The molecule has 2 rings (SSSR count). The molecule has 0 aliphatic carbocycles. The van der Waals surface area contributed by atoms with Crippen molar-refractivity contribution in [3.63, 3.8) is 0 Å². The van der Waals surface area contributed by atoms with Crippen molar-refractivity contribution in [2.24, 2.45) is 0 Å². The minimum atomic E-state index is -0.597. The molecule has 2 aromatic rings. The maximum absolute atomic E-state index is 11.4. The molecule has 0 N–H and O–H groups in total. The molecule has 0 atom stereocenters. The van der Waals surface area contributed by atoms with Crippen LogP contribution in [0.1, 0.15) is 23.2 Å². The summed E-state index contributed by atoms with van der Waals surface area (Å²) in [6.07, 6.45) is 1.43. The largest absolute Gasteiger partial charge is 0.459 e. The highest BCUT2D eigenvalue weighted by molar-refractivity contribution is 5.84. The Hall–Kier alpha value is -2.61. The van der Waals surface area contributed by atoms with Gasteiger partial charge < -0.3 is 9.15 Å². The van der Waals surface area contributed by atoms with Crippen LogP contribution in [0.5, 0.6) is 0 Å². The van der Waals surface area contributed by atoms with Gasteiger partial charge in [-0.05, 0) is 19.1 Å². The number of carbonyl (C=O) groups excluding carboxylic acids is 1. The number of ether oxygens (including phenoxy) is 1. The third-order valence-corrected chi connectivity index (χ3v) is 2.23. The summed E-state index contributed by atoms with van der Waals surface area (Å²) in [7, 11) is 0. The Morgan fingerprint density at radius 1 is 1.56 bits per heavy atom. The van der Waals surface area contributed by atoms with Crippen LogP contribution in [0, 0.1) is 11.3 Å². The van der Waals surface area contributed by atoms with Gasteiger partial charge in [-0.15, -0.1) is 0 Å². The zero-order valence-corrected chi connectivity index (χ0v) is 9.71. The van der Waals surface area contributed by atoms with Crippen LogP contribution in [0.2, 0.25) is 0 Å². The normalized spacial score (nSPS) is 9.78. The number of benzene rings is 1. The maximum Gasteiger partial charge on any atom is 0.394 e. The van der Waals surface area contributed by atoms with E-state index in [1.807, 2.05) is 6.07 Å². The smallest absolute Gasteiger partial charge is 0.394 e. The van der Waals surface area contributed by atoms with Crippen LogP contribution in [0.25, 0.3) is 11.3 Å². The maximum atomic E-state index is 11.4. The molecule has 0 amide bonds. The van der Waals surface area contributed by atoms with Crippen LogP contribution in [0.3, 0.4) is 0 Å². The number of esters is 1. The van der Waals surface area contributed by atoms with E-state index in [1.54, 1.807) is 31.2 Å². The van der Waals surface area contributed by atoms with E-state index in [0.29, 0.717) is 16.9 Å². The molecule has 0 bridgehead atoms. The van der Waals surface area contributed by atoms with E-state index in [1.165, 1.54) is 6.20 Å². The average molecular weight is 242 g/mol. The summed E-state index contributed by atoms with van der Waals surface area (Å²) < 4.78 is 10.1. The van der Waals surface area contributed by atoms with Crippen molar-refractivity contribution in [2.45, 2.75) is 6.92 Å². The van der Waals surface area contributed by atoms with Gasteiger partial charge in [0.1, 0.15) is 0 Å². The van der Waals surface area contributed by atoms with E-state index >= 15 is 0 Å². The van der Waals surface area contributed by atoms with Crippen LogP contribution >= 0.6 is 0 Å². The molecule has 0 fully saturated rings. The third kappa shape index (κ3) is 2.38. The van der Waals surface area contributed by atoms with Gasteiger partial charge in [0.25, 0.3) is 0 Å². The quantitative estimate of drug-likeness (QED) is 0.772. The van der Waals surface area contributed by atoms with E-state index in [4.69, 9.17) is 14.4 Å². The Morgan fingerprint density at radius 2 is 2.39 bits per heavy atom. The predicted octanol–water partition coefficient (Wildman–Crippen LogP) is 2.39. The Morgan fingerprint density at radius 3 is 3.11 bits per heavy atom. The SMILES string of the molecule is CCOC(=O)c1ncc(-c2cccc(C#N)c2)o1. The van der Waals surface area contributed by atoms with Crippen LogP contribution in [-0.2, 0) is 4.74 Å². The molecule has 0 aliphatic heterocycles. The van der Waals surface area contributed by atoms with Gasteiger partial charge in [0.15, 0.2) is 5.76 Å². The van der Waals surface area contributed by atoms with Gasteiger partial charge in [0.2, 0.25) is 0 Å². The molecule has 0 saturated carbocycles. The average Bonchev–Trinajstić information content (AvgIpc) is 2.89. The predicted molar refractivity (Wildman–Crippen MR) is 62.6 cm³/mol. The topological polar surface area (TPSA) is 76.1 Å². The van der Waals surface area contributed by atoms with Gasteiger partial charge in [-0.1, -0.05) is 12.1 Å². The molecule has 90 valence electrons. The first kappa shape index (κ1) is 11.9. The fraction of sp³-hybridized carbons (Fsp3) is 0.154. The summed E-state index contributed by atoms with van der Waals surface area (Å²) in [5.74, 6) is -0.260. The molecule has 0 unspecified atom stereocenters. The van der Waals surface area contributed by atoms with E-state index in [0.717, 1.165) is 0 Å². The summed E-state index contributed by atoms with van der Waals surface area (Å²) in [6, 6.07) is 8.89. The molecule has 1 aromatic carbocycles. The van der Waals surface area contributed by atoms with Gasteiger partial charge in [-0.3, -0.25) is 0 Å². The Kier molecular flexibility index (Phi) is 3.39. The lowest BCUT2D eigenvalue weighted by Gasteiger charge is -1.97. The molecule has 5 nitrogen and oxygen atoms in total. The second-order valence-electron chi connectivity index (χ2n) is 3.44. The number of nitrogens with zero attached hydrogens (tertiary/aromatic N) is 2. The number of hydrogen-bond acceptors (Lipinski definition) is 5. The van der Waals surface area contributed by atoms with Crippen molar-refractivity contribution < 1.29 is 13.9 Å². The van der Waals surface area contributed by atoms with Crippen LogP contribution < -0.4 is 0 Å². The molecule has 0 radical (unpaired) electrons. The van der Waals surface area contributed by atoms with Crippen molar-refractivity contribution in [3.8, 4) is 17.4 Å². The summed E-state index contributed by atoms with van der Waals surface area (Å²) in [4.78, 5) is 15.2. The molecule has 1 heterocycles. The summed E-state index contributed by atoms with van der Waals surface area (Å²) >= 11 is 0. The van der Waals surface area contributed by atoms with Gasteiger partial charge in [0.05, 0.1) is 24.4 Å². The molecule has 18 heavy (non-hydrogen) atoms. The Labute approximate surface area is 104 Å². The standard InChI is InChI=1S/C13H10N2O3/c1-2-17-13(16)12-15-8-11(18-12)10-5-3-4-9(6-10)7-14/h3-6,8H,2H2,1H3. The number of rotatable bonds is 3. The third-order valence-electron chi connectivity index (χ3n) is 2.23. The van der Waals surface area contributed by atoms with Crippen molar-refractivity contribution in [3.05, 3.63) is 41.9 Å². The van der Waals surface area contributed by atoms with Crippen molar-refractivity contribution >= 4 is 5.97 Å². The lowest BCUT2D eigenvalue weighted by atomic mass is 10.1. The fourth-order valence-electron chi connectivity index (χ4n) is 1.44. The number of aromatic nitrogens is 1. The van der Waals surface area contributed by atoms with Gasteiger partial charge >= 0.3 is 11.9 Å². The highest BCUT2D eigenvalue weighted by Crippen LogP contribution is 2.21. The molecular weight excluding hydrogens is 232 g/mol. The zero-order valence-electron chi connectivity index (χ0n) is 9.71.